The van der Waals surface area contributed by atoms with Gasteiger partial charge < -0.3 is 10.1 Å². The first-order chi connectivity index (χ1) is 13.6. The van der Waals surface area contributed by atoms with E-state index in [2.05, 4.69) is 10.4 Å². The average Bonchev–Trinajstić information content (AvgIpc) is 3.48. The maximum Gasteiger partial charge on any atom is 0.273 e. The highest BCUT2D eigenvalue weighted by Gasteiger charge is 2.28. The highest BCUT2D eigenvalue weighted by atomic mass is 16.6. The van der Waals surface area contributed by atoms with Crippen LogP contribution in [0.2, 0.25) is 0 Å². The molecular weight excluding hydrogens is 360 g/mol. The number of nitro benzene ring substituents is 1. The number of ether oxygens (including phenoxy) is 1. The van der Waals surface area contributed by atoms with Crippen molar-refractivity contribution >= 4 is 17.4 Å². The first kappa shape index (κ1) is 17.7. The van der Waals surface area contributed by atoms with Crippen molar-refractivity contribution in [1.82, 2.24) is 9.78 Å². The Balaban J connectivity index is 1.47. The minimum absolute atomic E-state index is 0.0888. The molecular formula is C20H18N4O4. The molecule has 28 heavy (non-hydrogen) atoms. The van der Waals surface area contributed by atoms with Crippen molar-refractivity contribution in [1.29, 1.82) is 0 Å². The lowest BCUT2D eigenvalue weighted by Gasteiger charge is -2.09. The molecule has 3 aromatic rings. The molecule has 1 fully saturated rings. The monoisotopic (exact) mass is 378 g/mol. The molecule has 0 radical (unpaired) electrons. The Hall–Kier alpha value is -3.68. The number of rotatable bonds is 7. The van der Waals surface area contributed by atoms with Crippen molar-refractivity contribution in [2.75, 3.05) is 11.9 Å². The highest BCUT2D eigenvalue weighted by molar-refractivity contribution is 5.91. The van der Waals surface area contributed by atoms with Crippen LogP contribution in [0.4, 0.5) is 11.5 Å². The zero-order chi connectivity index (χ0) is 19.5. The zero-order valence-electron chi connectivity index (χ0n) is 14.9. The van der Waals surface area contributed by atoms with Crippen LogP contribution in [0.1, 0.15) is 24.5 Å². The van der Waals surface area contributed by atoms with Gasteiger partial charge >= 0.3 is 0 Å². The molecule has 0 saturated heterocycles. The van der Waals surface area contributed by atoms with E-state index in [1.54, 1.807) is 10.7 Å². The number of anilines is 1. The van der Waals surface area contributed by atoms with Gasteiger partial charge in [0.05, 0.1) is 22.4 Å². The van der Waals surface area contributed by atoms with Gasteiger partial charge in [0.2, 0.25) is 0 Å². The molecule has 1 heterocycles. The molecule has 4 rings (SSSR count). The molecule has 1 aliphatic carbocycles. The molecule has 0 bridgehead atoms. The lowest BCUT2D eigenvalue weighted by Crippen LogP contribution is -2.21. The summed E-state index contributed by atoms with van der Waals surface area (Å²) < 4.78 is 7.10. The summed E-state index contributed by atoms with van der Waals surface area (Å²) in [6, 6.07) is 17.2. The van der Waals surface area contributed by atoms with Crippen molar-refractivity contribution < 1.29 is 14.5 Å². The smallest absolute Gasteiger partial charge is 0.273 e. The number of nitrogens with one attached hydrogen (secondary N) is 1. The average molecular weight is 378 g/mol. The summed E-state index contributed by atoms with van der Waals surface area (Å²) in [5.74, 6) is 0.910. The van der Waals surface area contributed by atoms with Crippen LogP contribution in [0.3, 0.4) is 0 Å². The number of hydrogen-bond donors (Lipinski definition) is 1. The van der Waals surface area contributed by atoms with E-state index in [-0.39, 0.29) is 24.0 Å². The fourth-order valence-electron chi connectivity index (χ4n) is 2.85. The van der Waals surface area contributed by atoms with Gasteiger partial charge in [-0.05, 0) is 31.0 Å². The van der Waals surface area contributed by atoms with E-state index in [0.717, 1.165) is 24.2 Å². The third kappa shape index (κ3) is 4.01. The summed E-state index contributed by atoms with van der Waals surface area (Å²) >= 11 is 0. The van der Waals surface area contributed by atoms with Crippen molar-refractivity contribution in [2.24, 2.45) is 0 Å². The number of hydrogen-bond acceptors (Lipinski definition) is 5. The van der Waals surface area contributed by atoms with Crippen molar-refractivity contribution in [3.05, 3.63) is 76.5 Å². The Morgan fingerprint density at radius 3 is 2.68 bits per heavy atom. The molecule has 1 saturated carbocycles. The predicted molar refractivity (Wildman–Crippen MR) is 103 cm³/mol. The van der Waals surface area contributed by atoms with Crippen molar-refractivity contribution in [3.8, 4) is 11.4 Å². The van der Waals surface area contributed by atoms with Gasteiger partial charge in [-0.1, -0.05) is 24.3 Å². The number of aromatic nitrogens is 2. The van der Waals surface area contributed by atoms with Gasteiger partial charge in [0.1, 0.15) is 11.6 Å². The van der Waals surface area contributed by atoms with E-state index in [9.17, 15) is 14.9 Å². The molecule has 1 amide bonds. The van der Waals surface area contributed by atoms with Crippen LogP contribution >= 0.6 is 0 Å². The largest absolute Gasteiger partial charge is 0.484 e. The fourth-order valence-corrected chi connectivity index (χ4v) is 2.85. The lowest BCUT2D eigenvalue weighted by molar-refractivity contribution is -0.384. The van der Waals surface area contributed by atoms with Crippen LogP contribution in [0.25, 0.3) is 5.69 Å². The fraction of sp³-hybridized carbons (Fsp3) is 0.200. The van der Waals surface area contributed by atoms with E-state index in [1.165, 1.54) is 18.2 Å². The molecule has 2 aromatic carbocycles. The molecule has 142 valence electrons. The molecule has 1 aliphatic rings. The Kier molecular flexibility index (Phi) is 4.76. The number of carbonyl (C=O) groups excluding carboxylic acids is 1. The number of nitro groups is 1. The normalized spacial score (nSPS) is 13.1. The molecule has 8 heteroatoms. The second kappa shape index (κ2) is 7.51. The number of para-hydroxylation sites is 1. The quantitative estimate of drug-likeness (QED) is 0.499. The maximum atomic E-state index is 12.4. The predicted octanol–water partition coefficient (Wildman–Crippen LogP) is 3.68. The lowest BCUT2D eigenvalue weighted by atomic mass is 10.3. The van der Waals surface area contributed by atoms with E-state index in [1.807, 2.05) is 36.4 Å². The zero-order valence-corrected chi connectivity index (χ0v) is 14.9. The first-order valence-electron chi connectivity index (χ1n) is 8.92. The molecule has 1 aromatic heterocycles. The Morgan fingerprint density at radius 1 is 1.18 bits per heavy atom. The summed E-state index contributed by atoms with van der Waals surface area (Å²) in [7, 11) is 0. The SMILES string of the molecule is O=C(COc1cccc([N+](=O)[O-])c1)Nc1cc(C2CC2)nn1-c1ccccc1. The third-order valence-corrected chi connectivity index (χ3v) is 4.39. The number of carbonyl (C=O) groups is 1. The molecule has 0 atom stereocenters. The molecule has 0 unspecified atom stereocenters. The summed E-state index contributed by atoms with van der Waals surface area (Å²) in [5.41, 5.74) is 1.72. The standard InChI is InChI=1S/C20H18N4O4/c25-20(13-28-17-8-4-7-16(11-17)24(26)27)21-19-12-18(14-9-10-14)22-23(19)15-5-2-1-3-6-15/h1-8,11-12,14H,9-10,13H2,(H,21,25). The minimum Gasteiger partial charge on any atom is -0.484 e. The van der Waals surface area contributed by atoms with Gasteiger partial charge in [-0.3, -0.25) is 14.9 Å². The summed E-state index contributed by atoms with van der Waals surface area (Å²) in [6.45, 7) is -0.264. The van der Waals surface area contributed by atoms with Gasteiger partial charge in [0.15, 0.2) is 6.61 Å². The molecule has 8 nitrogen and oxygen atoms in total. The second-order valence-electron chi connectivity index (χ2n) is 6.57. The second-order valence-corrected chi connectivity index (χ2v) is 6.57. The number of benzene rings is 2. The number of non-ortho nitro benzene ring substituents is 1. The van der Waals surface area contributed by atoms with Gasteiger partial charge in [-0.15, -0.1) is 0 Å². The summed E-state index contributed by atoms with van der Waals surface area (Å²) in [4.78, 5) is 22.7. The van der Waals surface area contributed by atoms with Gasteiger partial charge in [0.25, 0.3) is 11.6 Å². The van der Waals surface area contributed by atoms with Crippen molar-refractivity contribution in [2.45, 2.75) is 18.8 Å². The summed E-state index contributed by atoms with van der Waals surface area (Å²) in [5, 5.41) is 18.3. The van der Waals surface area contributed by atoms with Gasteiger partial charge in [0, 0.05) is 18.1 Å². The van der Waals surface area contributed by atoms with E-state index < -0.39 is 4.92 Å². The third-order valence-electron chi connectivity index (χ3n) is 4.39. The number of nitrogens with zero attached hydrogens (tertiary/aromatic N) is 3. The van der Waals surface area contributed by atoms with E-state index in [0.29, 0.717) is 11.7 Å². The first-order valence-corrected chi connectivity index (χ1v) is 8.92. The Labute approximate surface area is 160 Å². The van der Waals surface area contributed by atoms with E-state index in [4.69, 9.17) is 4.74 Å². The Bertz CT molecular complexity index is 1010. The number of amides is 1. The molecule has 1 N–H and O–H groups in total. The maximum absolute atomic E-state index is 12.4. The topological polar surface area (TPSA) is 99.3 Å². The van der Waals surface area contributed by atoms with E-state index >= 15 is 0 Å². The highest BCUT2D eigenvalue weighted by Crippen LogP contribution is 2.40. The van der Waals surface area contributed by atoms with Crippen LogP contribution in [-0.4, -0.2) is 27.2 Å². The van der Waals surface area contributed by atoms with Crippen molar-refractivity contribution in [3.63, 3.8) is 0 Å². The van der Waals surface area contributed by atoms with Crippen LogP contribution in [0, 0.1) is 10.1 Å². The van der Waals surface area contributed by atoms with Gasteiger partial charge in [-0.2, -0.15) is 5.10 Å². The Morgan fingerprint density at radius 2 is 1.96 bits per heavy atom. The van der Waals surface area contributed by atoms with Crippen LogP contribution in [0.15, 0.2) is 60.7 Å². The van der Waals surface area contributed by atoms with Gasteiger partial charge in [-0.25, -0.2) is 4.68 Å². The van der Waals surface area contributed by atoms with Crippen LogP contribution < -0.4 is 10.1 Å². The molecule has 0 aliphatic heterocycles. The van der Waals surface area contributed by atoms with Crippen LogP contribution in [0.5, 0.6) is 5.75 Å². The minimum atomic E-state index is -0.509. The summed E-state index contributed by atoms with van der Waals surface area (Å²) in [6.07, 6.45) is 2.21. The van der Waals surface area contributed by atoms with Crippen LogP contribution in [-0.2, 0) is 4.79 Å². The molecule has 0 spiro atoms.